The summed E-state index contributed by atoms with van der Waals surface area (Å²) in [6.07, 6.45) is 6.43. The van der Waals surface area contributed by atoms with Crippen LogP contribution in [0.3, 0.4) is 0 Å². The average Bonchev–Trinajstić information content (AvgIpc) is 2.73. The Hall–Kier alpha value is -1.58. The zero-order valence-electron chi connectivity index (χ0n) is 12.6. The van der Waals surface area contributed by atoms with Crippen molar-refractivity contribution in [2.75, 3.05) is 25.0 Å². The lowest BCUT2D eigenvalue weighted by atomic mass is 9.98. The smallest absolute Gasteiger partial charge is 0.257 e. The van der Waals surface area contributed by atoms with Crippen molar-refractivity contribution in [2.24, 2.45) is 5.92 Å². The normalized spacial score (nSPS) is 19.5. The van der Waals surface area contributed by atoms with Crippen LogP contribution >= 0.6 is 0 Å². The van der Waals surface area contributed by atoms with Gasteiger partial charge in [0.05, 0.1) is 5.56 Å². The second-order valence-corrected chi connectivity index (χ2v) is 5.43. The molecule has 1 unspecified atom stereocenters. The maximum absolute atomic E-state index is 12.7. The summed E-state index contributed by atoms with van der Waals surface area (Å²) >= 11 is 0. The maximum atomic E-state index is 12.7. The molecule has 20 heavy (non-hydrogen) atoms. The van der Waals surface area contributed by atoms with E-state index in [0.717, 1.165) is 38.4 Å². The first kappa shape index (κ1) is 14.8. The zero-order valence-corrected chi connectivity index (χ0v) is 12.6. The van der Waals surface area contributed by atoms with Gasteiger partial charge in [0, 0.05) is 25.8 Å². The summed E-state index contributed by atoms with van der Waals surface area (Å²) in [5.74, 6) is 1.59. The van der Waals surface area contributed by atoms with E-state index in [4.69, 9.17) is 0 Å². The Labute approximate surface area is 121 Å². The molecule has 1 atom stereocenters. The number of hydrogen-bond donors (Lipinski definition) is 1. The average molecular weight is 275 g/mol. The molecule has 2 rings (SSSR count). The van der Waals surface area contributed by atoms with E-state index in [2.05, 4.69) is 17.2 Å². The molecule has 1 aromatic rings. The molecule has 1 N–H and O–H groups in total. The van der Waals surface area contributed by atoms with Crippen molar-refractivity contribution in [3.63, 3.8) is 0 Å². The number of pyridine rings is 1. The first-order valence-electron chi connectivity index (χ1n) is 7.74. The predicted molar refractivity (Wildman–Crippen MR) is 81.9 cm³/mol. The molecule has 0 radical (unpaired) electrons. The summed E-state index contributed by atoms with van der Waals surface area (Å²) in [5, 5.41) is 3.17. The third-order valence-electron chi connectivity index (χ3n) is 4.09. The molecular weight excluding hydrogens is 250 g/mol. The van der Waals surface area contributed by atoms with Crippen LogP contribution in [0.25, 0.3) is 0 Å². The fraction of sp³-hybridized carbons (Fsp3) is 0.625. The van der Waals surface area contributed by atoms with Gasteiger partial charge >= 0.3 is 0 Å². The number of nitrogens with one attached hydrogen (secondary N) is 1. The highest BCUT2D eigenvalue weighted by Crippen LogP contribution is 2.22. The lowest BCUT2D eigenvalue weighted by Gasteiger charge is -2.21. The van der Waals surface area contributed by atoms with Crippen LogP contribution < -0.4 is 5.32 Å². The van der Waals surface area contributed by atoms with Gasteiger partial charge in [-0.2, -0.15) is 0 Å². The number of amides is 1. The van der Waals surface area contributed by atoms with Gasteiger partial charge in [0.2, 0.25) is 0 Å². The lowest BCUT2D eigenvalue weighted by Crippen LogP contribution is -2.32. The molecule has 0 bridgehead atoms. The summed E-state index contributed by atoms with van der Waals surface area (Å²) in [4.78, 5) is 19.0. The molecule has 1 aromatic heterocycles. The fourth-order valence-corrected chi connectivity index (χ4v) is 2.83. The van der Waals surface area contributed by atoms with E-state index in [1.165, 1.54) is 12.8 Å². The first-order chi connectivity index (χ1) is 9.76. The Bertz CT molecular complexity index is 447. The molecule has 4 nitrogen and oxygen atoms in total. The minimum atomic E-state index is 0.116. The van der Waals surface area contributed by atoms with Gasteiger partial charge in [-0.3, -0.25) is 4.79 Å². The largest absolute Gasteiger partial charge is 0.370 e. The second kappa shape index (κ2) is 7.27. The highest BCUT2D eigenvalue weighted by molar-refractivity contribution is 5.98. The van der Waals surface area contributed by atoms with E-state index in [-0.39, 0.29) is 5.91 Å². The molecule has 0 saturated carbocycles. The number of rotatable bonds is 4. The number of anilines is 1. The molecule has 4 heteroatoms. The van der Waals surface area contributed by atoms with Crippen molar-refractivity contribution < 1.29 is 4.79 Å². The van der Waals surface area contributed by atoms with Gasteiger partial charge in [-0.05, 0) is 44.2 Å². The highest BCUT2D eigenvalue weighted by atomic mass is 16.2. The molecule has 2 heterocycles. The van der Waals surface area contributed by atoms with Crippen LogP contribution in [-0.2, 0) is 0 Å². The standard InChI is InChI=1S/C16H25N3O/c1-3-13-7-6-11-19(12-9-13)16(20)14-8-5-10-18-15(14)17-4-2/h5,8,10,13H,3-4,6-7,9,11-12H2,1-2H3,(H,17,18). The molecule has 1 saturated heterocycles. The van der Waals surface area contributed by atoms with Gasteiger partial charge in [0.15, 0.2) is 0 Å². The Kier molecular flexibility index (Phi) is 5.39. The SMILES string of the molecule is CCNc1ncccc1C(=O)N1CCCC(CC)CC1. The van der Waals surface area contributed by atoms with E-state index in [1.807, 2.05) is 24.0 Å². The Morgan fingerprint density at radius 2 is 2.25 bits per heavy atom. The van der Waals surface area contributed by atoms with Gasteiger partial charge in [0.25, 0.3) is 5.91 Å². The predicted octanol–water partition coefficient (Wildman–Crippen LogP) is 3.17. The van der Waals surface area contributed by atoms with Crippen LogP contribution in [0.4, 0.5) is 5.82 Å². The number of likely N-dealkylation sites (tertiary alicyclic amines) is 1. The van der Waals surface area contributed by atoms with Crippen LogP contribution in [-0.4, -0.2) is 35.4 Å². The molecule has 1 amide bonds. The van der Waals surface area contributed by atoms with Crippen molar-refractivity contribution in [3.05, 3.63) is 23.9 Å². The number of carbonyl (C=O) groups excluding carboxylic acids is 1. The molecule has 0 aromatic carbocycles. The lowest BCUT2D eigenvalue weighted by molar-refractivity contribution is 0.0760. The van der Waals surface area contributed by atoms with Crippen LogP contribution in [0.15, 0.2) is 18.3 Å². The highest BCUT2D eigenvalue weighted by Gasteiger charge is 2.22. The number of carbonyl (C=O) groups is 1. The van der Waals surface area contributed by atoms with Gasteiger partial charge in [-0.25, -0.2) is 4.98 Å². The Balaban J connectivity index is 2.10. The summed E-state index contributed by atoms with van der Waals surface area (Å²) in [5.41, 5.74) is 0.698. The quantitative estimate of drug-likeness (QED) is 0.918. The number of aromatic nitrogens is 1. The van der Waals surface area contributed by atoms with Crippen molar-refractivity contribution in [3.8, 4) is 0 Å². The first-order valence-corrected chi connectivity index (χ1v) is 7.74. The maximum Gasteiger partial charge on any atom is 0.257 e. The molecule has 0 spiro atoms. The fourth-order valence-electron chi connectivity index (χ4n) is 2.83. The minimum absolute atomic E-state index is 0.116. The van der Waals surface area contributed by atoms with E-state index >= 15 is 0 Å². The van der Waals surface area contributed by atoms with E-state index in [1.54, 1.807) is 6.20 Å². The van der Waals surface area contributed by atoms with Crippen LogP contribution in [0.5, 0.6) is 0 Å². The minimum Gasteiger partial charge on any atom is -0.370 e. The molecule has 1 fully saturated rings. The third kappa shape index (κ3) is 3.50. The van der Waals surface area contributed by atoms with Crippen molar-refractivity contribution >= 4 is 11.7 Å². The topological polar surface area (TPSA) is 45.2 Å². The van der Waals surface area contributed by atoms with Crippen molar-refractivity contribution in [2.45, 2.75) is 39.5 Å². The molecule has 0 aliphatic carbocycles. The molecule has 1 aliphatic rings. The van der Waals surface area contributed by atoms with Crippen LogP contribution in [0, 0.1) is 5.92 Å². The number of hydrogen-bond acceptors (Lipinski definition) is 3. The van der Waals surface area contributed by atoms with Gasteiger partial charge in [0.1, 0.15) is 5.82 Å². The molecule has 1 aliphatic heterocycles. The summed E-state index contributed by atoms with van der Waals surface area (Å²) in [7, 11) is 0. The van der Waals surface area contributed by atoms with Crippen LogP contribution in [0.2, 0.25) is 0 Å². The van der Waals surface area contributed by atoms with E-state index < -0.39 is 0 Å². The van der Waals surface area contributed by atoms with E-state index in [0.29, 0.717) is 11.4 Å². The van der Waals surface area contributed by atoms with Crippen LogP contribution in [0.1, 0.15) is 49.9 Å². The van der Waals surface area contributed by atoms with Crippen molar-refractivity contribution in [1.29, 1.82) is 0 Å². The monoisotopic (exact) mass is 275 g/mol. The van der Waals surface area contributed by atoms with Crippen molar-refractivity contribution in [1.82, 2.24) is 9.88 Å². The molecule has 110 valence electrons. The number of nitrogens with zero attached hydrogens (tertiary/aromatic N) is 2. The summed E-state index contributed by atoms with van der Waals surface area (Å²) in [6.45, 7) is 6.77. The zero-order chi connectivity index (χ0) is 14.4. The summed E-state index contributed by atoms with van der Waals surface area (Å²) < 4.78 is 0. The third-order valence-corrected chi connectivity index (χ3v) is 4.09. The van der Waals surface area contributed by atoms with Gasteiger partial charge in [-0.1, -0.05) is 13.3 Å². The van der Waals surface area contributed by atoms with Gasteiger partial charge in [-0.15, -0.1) is 0 Å². The van der Waals surface area contributed by atoms with Gasteiger partial charge < -0.3 is 10.2 Å². The molecular formula is C16H25N3O. The summed E-state index contributed by atoms with van der Waals surface area (Å²) in [6, 6.07) is 3.70. The second-order valence-electron chi connectivity index (χ2n) is 5.43. The van der Waals surface area contributed by atoms with E-state index in [9.17, 15) is 4.79 Å². The Morgan fingerprint density at radius 3 is 3.00 bits per heavy atom. The Morgan fingerprint density at radius 1 is 1.40 bits per heavy atom.